The first-order valence-electron chi connectivity index (χ1n) is 12.8. The molecule has 0 spiro atoms. The van der Waals surface area contributed by atoms with Crippen molar-refractivity contribution in [1.29, 1.82) is 0 Å². The van der Waals surface area contributed by atoms with Crippen molar-refractivity contribution in [3.8, 4) is 5.88 Å². The number of anilines is 1. The monoisotopic (exact) mass is 525 g/mol. The highest BCUT2D eigenvalue weighted by Crippen LogP contribution is 2.32. The zero-order valence-electron chi connectivity index (χ0n) is 22.0. The van der Waals surface area contributed by atoms with E-state index >= 15 is 0 Å². The lowest BCUT2D eigenvalue weighted by atomic mass is 10.00. The van der Waals surface area contributed by atoms with E-state index in [-0.39, 0.29) is 11.8 Å². The Hall–Kier alpha value is -4.47. The number of methoxy groups -OCH3 is 1. The first kappa shape index (κ1) is 26.1. The van der Waals surface area contributed by atoms with Gasteiger partial charge in [-0.25, -0.2) is 9.79 Å². The van der Waals surface area contributed by atoms with Crippen LogP contribution in [0.25, 0.3) is 10.9 Å². The SMILES string of the molecule is COC(=O)c1ccc2c(C(=Nc3ccc(NC(=O)CN4CCN(C)CC4)cc3)c3ccccc3)c(O)[nH]c2c1. The van der Waals surface area contributed by atoms with Crippen molar-refractivity contribution >= 4 is 39.9 Å². The van der Waals surface area contributed by atoms with Gasteiger partial charge in [0.25, 0.3) is 0 Å². The van der Waals surface area contributed by atoms with E-state index < -0.39 is 5.97 Å². The van der Waals surface area contributed by atoms with Crippen LogP contribution in [0.1, 0.15) is 21.5 Å². The van der Waals surface area contributed by atoms with Gasteiger partial charge in [0.1, 0.15) is 0 Å². The van der Waals surface area contributed by atoms with Gasteiger partial charge in [-0.1, -0.05) is 36.4 Å². The van der Waals surface area contributed by atoms with Crippen LogP contribution in [0, 0.1) is 0 Å². The molecule has 0 radical (unpaired) electrons. The molecule has 0 bridgehead atoms. The van der Waals surface area contributed by atoms with Crippen LogP contribution in [0.15, 0.2) is 77.8 Å². The molecule has 200 valence electrons. The fourth-order valence-corrected chi connectivity index (χ4v) is 4.69. The normalized spacial score (nSPS) is 14.9. The molecule has 1 fully saturated rings. The lowest BCUT2D eigenvalue weighted by molar-refractivity contribution is -0.117. The minimum absolute atomic E-state index is 0.0455. The molecule has 4 aromatic rings. The molecule has 0 aliphatic carbocycles. The lowest BCUT2D eigenvalue weighted by Gasteiger charge is -2.31. The number of carbonyl (C=O) groups excluding carboxylic acids is 2. The number of rotatable bonds is 7. The smallest absolute Gasteiger partial charge is 0.337 e. The van der Waals surface area contributed by atoms with E-state index in [9.17, 15) is 14.7 Å². The molecule has 1 saturated heterocycles. The molecule has 3 aromatic carbocycles. The Bertz CT molecular complexity index is 1500. The minimum Gasteiger partial charge on any atom is -0.494 e. The maximum atomic E-state index is 12.6. The summed E-state index contributed by atoms with van der Waals surface area (Å²) in [6.07, 6.45) is 0. The van der Waals surface area contributed by atoms with Crippen molar-refractivity contribution in [3.63, 3.8) is 0 Å². The maximum absolute atomic E-state index is 12.6. The first-order chi connectivity index (χ1) is 18.9. The number of nitrogens with zero attached hydrogens (tertiary/aromatic N) is 3. The molecule has 0 atom stereocenters. The molecule has 3 N–H and O–H groups in total. The average Bonchev–Trinajstić information content (AvgIpc) is 3.28. The standard InChI is InChI=1S/C30H31N5O4/c1-34-14-16-35(17-15-34)19-26(36)31-22-9-11-23(12-10-22)32-28(20-6-4-3-5-7-20)27-24-13-8-21(30(38)39-2)18-25(24)33-29(27)37/h3-13,18,33,37H,14-17,19H2,1-2H3,(H,31,36). The Kier molecular flexibility index (Phi) is 7.72. The summed E-state index contributed by atoms with van der Waals surface area (Å²) >= 11 is 0. The fourth-order valence-electron chi connectivity index (χ4n) is 4.69. The van der Waals surface area contributed by atoms with Gasteiger partial charge in [0.15, 0.2) is 5.88 Å². The number of hydrogen-bond acceptors (Lipinski definition) is 7. The van der Waals surface area contributed by atoms with Crippen LogP contribution in [0.5, 0.6) is 5.88 Å². The van der Waals surface area contributed by atoms with Crippen LogP contribution in [-0.4, -0.2) is 84.4 Å². The van der Waals surface area contributed by atoms with E-state index in [0.29, 0.717) is 40.3 Å². The van der Waals surface area contributed by atoms with Crippen LogP contribution < -0.4 is 5.32 Å². The van der Waals surface area contributed by atoms with Gasteiger partial charge in [-0.2, -0.15) is 0 Å². The maximum Gasteiger partial charge on any atom is 0.337 e. The van der Waals surface area contributed by atoms with E-state index in [0.717, 1.165) is 37.1 Å². The zero-order valence-corrected chi connectivity index (χ0v) is 22.0. The third kappa shape index (κ3) is 6.00. The van der Waals surface area contributed by atoms with E-state index in [1.165, 1.54) is 7.11 Å². The Morgan fingerprint density at radius 1 is 0.974 bits per heavy atom. The molecule has 5 rings (SSSR count). The summed E-state index contributed by atoms with van der Waals surface area (Å²) in [7, 11) is 3.42. The first-order valence-corrected chi connectivity index (χ1v) is 12.8. The van der Waals surface area contributed by atoms with Crippen molar-refractivity contribution in [3.05, 3.63) is 89.5 Å². The highest BCUT2D eigenvalue weighted by molar-refractivity contribution is 6.22. The predicted octanol–water partition coefficient (Wildman–Crippen LogP) is 4.02. The molecule has 9 nitrogen and oxygen atoms in total. The van der Waals surface area contributed by atoms with Crippen molar-refractivity contribution < 1.29 is 19.4 Å². The number of ether oxygens (including phenoxy) is 1. The third-order valence-electron chi connectivity index (χ3n) is 6.84. The largest absolute Gasteiger partial charge is 0.494 e. The number of fused-ring (bicyclic) bond motifs is 1. The summed E-state index contributed by atoms with van der Waals surface area (Å²) in [5.41, 5.74) is 4.23. The Morgan fingerprint density at radius 3 is 2.38 bits per heavy atom. The minimum atomic E-state index is -0.458. The van der Waals surface area contributed by atoms with E-state index in [1.54, 1.807) is 18.2 Å². The topological polar surface area (TPSA) is 110 Å². The van der Waals surface area contributed by atoms with Crippen LogP contribution >= 0.6 is 0 Å². The molecule has 0 saturated carbocycles. The van der Waals surface area contributed by atoms with Crippen LogP contribution in [0.3, 0.4) is 0 Å². The average molecular weight is 526 g/mol. The number of aromatic amines is 1. The number of H-pyrrole nitrogens is 1. The number of benzene rings is 3. The number of aromatic nitrogens is 1. The molecular formula is C30H31N5O4. The summed E-state index contributed by atoms with van der Waals surface area (Å²) < 4.78 is 4.82. The van der Waals surface area contributed by atoms with Crippen molar-refractivity contribution in [2.45, 2.75) is 0 Å². The number of nitrogens with one attached hydrogen (secondary N) is 2. The van der Waals surface area contributed by atoms with Crippen molar-refractivity contribution in [2.75, 3.05) is 52.2 Å². The summed E-state index contributed by atoms with van der Waals surface area (Å²) in [4.78, 5) is 36.8. The van der Waals surface area contributed by atoms with E-state index in [4.69, 9.17) is 9.73 Å². The molecule has 2 heterocycles. The molecule has 1 aromatic heterocycles. The molecule has 9 heteroatoms. The number of aromatic hydroxyl groups is 1. The van der Waals surface area contributed by atoms with Crippen molar-refractivity contribution in [1.82, 2.24) is 14.8 Å². The van der Waals surface area contributed by atoms with Crippen molar-refractivity contribution in [2.24, 2.45) is 4.99 Å². The second-order valence-electron chi connectivity index (χ2n) is 9.60. The zero-order chi connectivity index (χ0) is 27.4. The van der Waals surface area contributed by atoms with Gasteiger partial charge in [-0.05, 0) is 43.4 Å². The number of aliphatic imine (C=N–C) groups is 1. The molecule has 1 aliphatic rings. The van der Waals surface area contributed by atoms with Gasteiger partial charge >= 0.3 is 5.97 Å². The van der Waals surface area contributed by atoms with E-state index in [1.807, 2.05) is 54.6 Å². The molecule has 1 aliphatic heterocycles. The number of piperazine rings is 1. The fraction of sp³-hybridized carbons (Fsp3) is 0.233. The van der Waals surface area contributed by atoms with Gasteiger partial charge in [-0.15, -0.1) is 0 Å². The van der Waals surface area contributed by atoms with Gasteiger partial charge in [0, 0.05) is 48.3 Å². The second kappa shape index (κ2) is 11.5. The quantitative estimate of drug-likeness (QED) is 0.248. The Labute approximate surface area is 226 Å². The van der Waals surface area contributed by atoms with Gasteiger partial charge in [0.05, 0.1) is 36.2 Å². The lowest BCUT2D eigenvalue weighted by Crippen LogP contribution is -2.47. The van der Waals surface area contributed by atoms with Crippen LogP contribution in [0.4, 0.5) is 11.4 Å². The van der Waals surface area contributed by atoms with Gasteiger partial charge in [0.2, 0.25) is 5.91 Å². The summed E-state index contributed by atoms with van der Waals surface area (Å²) in [6, 6.07) is 22.0. The van der Waals surface area contributed by atoms with Gasteiger partial charge in [-0.3, -0.25) is 9.69 Å². The highest BCUT2D eigenvalue weighted by Gasteiger charge is 2.20. The molecule has 0 unspecified atom stereocenters. The Morgan fingerprint density at radius 2 is 1.69 bits per heavy atom. The third-order valence-corrected chi connectivity index (χ3v) is 6.84. The Balaban J connectivity index is 1.42. The second-order valence-corrected chi connectivity index (χ2v) is 9.60. The number of amides is 1. The molecule has 39 heavy (non-hydrogen) atoms. The number of esters is 1. The van der Waals surface area contributed by atoms with E-state index in [2.05, 4.69) is 27.1 Å². The van der Waals surface area contributed by atoms with Crippen LogP contribution in [-0.2, 0) is 9.53 Å². The summed E-state index contributed by atoms with van der Waals surface area (Å²) in [5.74, 6) is -0.557. The summed E-state index contributed by atoms with van der Waals surface area (Å²) in [5, 5.41) is 14.6. The molecule has 1 amide bonds. The number of likely N-dealkylation sites (N-methyl/N-ethyl adjacent to an activating group) is 1. The van der Waals surface area contributed by atoms with Gasteiger partial charge < -0.3 is 25.0 Å². The highest BCUT2D eigenvalue weighted by atomic mass is 16.5. The van der Waals surface area contributed by atoms with Crippen LogP contribution in [0.2, 0.25) is 0 Å². The number of hydrogen-bond donors (Lipinski definition) is 3. The summed E-state index contributed by atoms with van der Waals surface area (Å²) in [6.45, 7) is 4.04. The molecular weight excluding hydrogens is 494 g/mol. The predicted molar refractivity (Wildman–Crippen MR) is 152 cm³/mol. The number of carbonyl (C=O) groups is 2.